The van der Waals surface area contributed by atoms with E-state index in [4.69, 9.17) is 12.2 Å². The fraction of sp³-hybridized carbons (Fsp3) is 0.385. The van der Waals surface area contributed by atoms with E-state index in [-0.39, 0.29) is 17.9 Å². The summed E-state index contributed by atoms with van der Waals surface area (Å²) in [4.78, 5) is 7.11. The monoisotopic (exact) mass is 448 g/mol. The average molecular weight is 449 g/mol. The zero-order valence-electron chi connectivity index (χ0n) is 18.6. The summed E-state index contributed by atoms with van der Waals surface area (Å²) < 4.78 is 16.2. The molecule has 1 aliphatic heterocycles. The van der Waals surface area contributed by atoms with Crippen molar-refractivity contribution in [3.05, 3.63) is 83.2 Å². The Balaban J connectivity index is 1.63. The van der Waals surface area contributed by atoms with Crippen molar-refractivity contribution >= 4 is 17.3 Å². The molecule has 1 saturated heterocycles. The van der Waals surface area contributed by atoms with Gasteiger partial charge in [0.05, 0.1) is 17.8 Å². The standard InChI is InChI=1S/C26H29FN4S/c1-17-15-22(18(2)30(17)21-12-8-9-19(27)16-21)25-24(23-13-6-7-14-28-23)29-26(32)31(25)20-10-4-3-5-11-20/h6-9,12-16,20,24-25H,3-5,10-11H2,1-2H3,(H,29,32)/t24-,25-/m0/s1. The molecule has 1 aromatic carbocycles. The van der Waals surface area contributed by atoms with E-state index in [2.05, 4.69) is 45.7 Å². The van der Waals surface area contributed by atoms with Crippen LogP contribution in [-0.2, 0) is 0 Å². The van der Waals surface area contributed by atoms with Crippen molar-refractivity contribution in [2.75, 3.05) is 0 Å². The number of hydrogen-bond donors (Lipinski definition) is 1. The Morgan fingerprint density at radius 2 is 1.84 bits per heavy atom. The van der Waals surface area contributed by atoms with Crippen LogP contribution in [0.5, 0.6) is 0 Å². The summed E-state index contributed by atoms with van der Waals surface area (Å²) >= 11 is 5.90. The molecular weight excluding hydrogens is 419 g/mol. The minimum Gasteiger partial charge on any atom is -0.352 e. The summed E-state index contributed by atoms with van der Waals surface area (Å²) in [6, 6.07) is 15.6. The van der Waals surface area contributed by atoms with Crippen LogP contribution < -0.4 is 5.32 Å². The minimum atomic E-state index is -0.226. The van der Waals surface area contributed by atoms with Crippen molar-refractivity contribution in [3.63, 3.8) is 0 Å². The van der Waals surface area contributed by atoms with Crippen LogP contribution in [0.1, 0.15) is 66.8 Å². The highest BCUT2D eigenvalue weighted by Crippen LogP contribution is 2.44. The largest absolute Gasteiger partial charge is 0.352 e. The number of benzene rings is 1. The second-order valence-electron chi connectivity index (χ2n) is 8.97. The van der Waals surface area contributed by atoms with E-state index in [1.807, 2.05) is 24.4 Å². The first-order chi connectivity index (χ1) is 15.5. The predicted molar refractivity (Wildman–Crippen MR) is 129 cm³/mol. The summed E-state index contributed by atoms with van der Waals surface area (Å²) in [5.41, 5.74) is 5.27. The molecule has 3 aromatic rings. The number of rotatable bonds is 4. The molecule has 0 bridgehead atoms. The van der Waals surface area contributed by atoms with E-state index >= 15 is 0 Å². The fourth-order valence-corrected chi connectivity index (χ4v) is 5.94. The molecule has 166 valence electrons. The van der Waals surface area contributed by atoms with E-state index in [9.17, 15) is 4.39 Å². The van der Waals surface area contributed by atoms with Crippen LogP contribution in [0.25, 0.3) is 5.69 Å². The first-order valence-electron chi connectivity index (χ1n) is 11.5. The summed E-state index contributed by atoms with van der Waals surface area (Å²) in [5.74, 6) is -0.226. The molecule has 4 nitrogen and oxygen atoms in total. The molecule has 0 spiro atoms. The van der Waals surface area contributed by atoms with Gasteiger partial charge in [-0.15, -0.1) is 0 Å². The lowest BCUT2D eigenvalue weighted by atomic mass is 9.90. The highest BCUT2D eigenvalue weighted by atomic mass is 32.1. The Morgan fingerprint density at radius 3 is 2.56 bits per heavy atom. The summed E-state index contributed by atoms with van der Waals surface area (Å²) in [5, 5.41) is 4.41. The average Bonchev–Trinajstić information content (AvgIpc) is 3.30. The number of aryl methyl sites for hydroxylation is 1. The molecule has 1 N–H and O–H groups in total. The van der Waals surface area contributed by atoms with Gasteiger partial charge in [-0.05, 0) is 80.9 Å². The first-order valence-corrected chi connectivity index (χ1v) is 11.9. The van der Waals surface area contributed by atoms with E-state index in [1.54, 1.807) is 12.1 Å². The van der Waals surface area contributed by atoms with Gasteiger partial charge in [0.25, 0.3) is 0 Å². The molecule has 5 rings (SSSR count). The maximum atomic E-state index is 14.0. The molecule has 0 radical (unpaired) electrons. The van der Waals surface area contributed by atoms with Gasteiger partial charge in [0.15, 0.2) is 5.11 Å². The lowest BCUT2D eigenvalue weighted by molar-refractivity contribution is 0.197. The molecule has 2 atom stereocenters. The van der Waals surface area contributed by atoms with Gasteiger partial charge in [-0.1, -0.05) is 31.4 Å². The number of nitrogens with zero attached hydrogens (tertiary/aromatic N) is 3. The van der Waals surface area contributed by atoms with Crippen molar-refractivity contribution < 1.29 is 4.39 Å². The highest BCUT2D eigenvalue weighted by molar-refractivity contribution is 7.80. The Hall–Kier alpha value is -2.73. The number of hydrogen-bond acceptors (Lipinski definition) is 2. The normalized spacial score (nSPS) is 21.7. The first kappa shape index (κ1) is 21.1. The molecule has 3 heterocycles. The van der Waals surface area contributed by atoms with E-state index in [0.717, 1.165) is 40.7 Å². The molecule has 0 unspecified atom stereocenters. The number of halogens is 1. The third-order valence-electron chi connectivity index (χ3n) is 6.96. The van der Waals surface area contributed by atoms with Gasteiger partial charge >= 0.3 is 0 Å². The molecule has 2 aromatic heterocycles. The molecule has 2 aliphatic rings. The Bertz CT molecular complexity index is 1120. The number of aromatic nitrogens is 2. The van der Waals surface area contributed by atoms with Crippen molar-refractivity contribution in [2.45, 2.75) is 64.1 Å². The van der Waals surface area contributed by atoms with E-state index in [1.165, 1.54) is 30.9 Å². The van der Waals surface area contributed by atoms with Gasteiger partial charge in [-0.3, -0.25) is 4.98 Å². The second kappa shape index (κ2) is 8.66. The predicted octanol–water partition coefficient (Wildman–Crippen LogP) is 5.93. The topological polar surface area (TPSA) is 33.1 Å². The minimum absolute atomic E-state index is 0.0212. The summed E-state index contributed by atoms with van der Waals surface area (Å²) in [6.07, 6.45) is 7.95. The molecular formula is C26H29FN4S. The zero-order chi connectivity index (χ0) is 22.2. The van der Waals surface area contributed by atoms with Crippen molar-refractivity contribution in [2.24, 2.45) is 0 Å². The lowest BCUT2D eigenvalue weighted by Gasteiger charge is -2.37. The number of thiocarbonyl (C=S) groups is 1. The van der Waals surface area contributed by atoms with Crippen LogP contribution in [0, 0.1) is 19.7 Å². The molecule has 6 heteroatoms. The Labute approximate surface area is 194 Å². The van der Waals surface area contributed by atoms with Gasteiger partial charge < -0.3 is 14.8 Å². The molecule has 1 saturated carbocycles. The molecule has 2 fully saturated rings. The van der Waals surface area contributed by atoms with E-state index in [0.29, 0.717) is 6.04 Å². The van der Waals surface area contributed by atoms with Crippen LogP contribution in [0.3, 0.4) is 0 Å². The maximum absolute atomic E-state index is 14.0. The van der Waals surface area contributed by atoms with Crippen molar-refractivity contribution in [1.82, 2.24) is 19.8 Å². The summed E-state index contributed by atoms with van der Waals surface area (Å²) in [7, 11) is 0. The van der Waals surface area contributed by atoms with Gasteiger partial charge in [0.1, 0.15) is 5.82 Å². The quantitative estimate of drug-likeness (QED) is 0.501. The zero-order valence-corrected chi connectivity index (χ0v) is 19.4. The third kappa shape index (κ3) is 3.71. The van der Waals surface area contributed by atoms with Gasteiger partial charge in [-0.25, -0.2) is 4.39 Å². The Morgan fingerprint density at radius 1 is 1.03 bits per heavy atom. The number of pyridine rings is 1. The highest BCUT2D eigenvalue weighted by Gasteiger charge is 2.44. The van der Waals surface area contributed by atoms with Gasteiger partial charge in [0.2, 0.25) is 0 Å². The molecule has 32 heavy (non-hydrogen) atoms. The summed E-state index contributed by atoms with van der Waals surface area (Å²) in [6.45, 7) is 4.21. The Kier molecular flexibility index (Phi) is 5.72. The van der Waals surface area contributed by atoms with Crippen LogP contribution >= 0.6 is 12.2 Å². The van der Waals surface area contributed by atoms with Crippen molar-refractivity contribution in [1.29, 1.82) is 0 Å². The van der Waals surface area contributed by atoms with Crippen LogP contribution in [0.15, 0.2) is 54.7 Å². The molecule has 0 amide bonds. The SMILES string of the molecule is Cc1cc([C@H]2[C@H](c3ccccn3)NC(=S)N2C2CCCCC2)c(C)n1-c1cccc(F)c1. The van der Waals surface area contributed by atoms with Gasteiger partial charge in [-0.2, -0.15) is 0 Å². The van der Waals surface area contributed by atoms with Gasteiger partial charge in [0, 0.05) is 29.3 Å². The maximum Gasteiger partial charge on any atom is 0.170 e. The fourth-order valence-electron chi connectivity index (χ4n) is 5.55. The third-order valence-corrected chi connectivity index (χ3v) is 7.29. The van der Waals surface area contributed by atoms with Crippen LogP contribution in [0.4, 0.5) is 4.39 Å². The van der Waals surface area contributed by atoms with Crippen LogP contribution in [-0.4, -0.2) is 25.6 Å². The second-order valence-corrected chi connectivity index (χ2v) is 9.35. The lowest BCUT2D eigenvalue weighted by Crippen LogP contribution is -2.40. The molecule has 1 aliphatic carbocycles. The van der Waals surface area contributed by atoms with Crippen molar-refractivity contribution in [3.8, 4) is 5.69 Å². The smallest absolute Gasteiger partial charge is 0.170 e. The number of nitrogens with one attached hydrogen (secondary N) is 1. The van der Waals surface area contributed by atoms with Crippen LogP contribution in [0.2, 0.25) is 0 Å². The van der Waals surface area contributed by atoms with E-state index < -0.39 is 0 Å².